The van der Waals surface area contributed by atoms with E-state index in [1.807, 2.05) is 20.8 Å². The lowest BCUT2D eigenvalue weighted by molar-refractivity contribution is 0.191. The van der Waals surface area contributed by atoms with Gasteiger partial charge in [-0.15, -0.1) is 0 Å². The van der Waals surface area contributed by atoms with Gasteiger partial charge in [0.05, 0.1) is 6.10 Å². The summed E-state index contributed by atoms with van der Waals surface area (Å²) in [6, 6.07) is 0. The first kappa shape index (κ1) is 10.2. The van der Waals surface area contributed by atoms with Crippen LogP contribution in [0, 0.1) is 0 Å². The Morgan fingerprint density at radius 2 is 2.08 bits per heavy atom. The second-order valence-electron chi connectivity index (χ2n) is 4.32. The molecule has 1 heterocycles. The summed E-state index contributed by atoms with van der Waals surface area (Å²) in [5, 5.41) is 12.9. The van der Waals surface area contributed by atoms with Gasteiger partial charge >= 0.3 is 0 Å². The third kappa shape index (κ3) is 2.81. The quantitative estimate of drug-likeness (QED) is 0.752. The molecule has 0 fully saturated rings. The van der Waals surface area contributed by atoms with Crippen molar-refractivity contribution >= 4 is 0 Å². The van der Waals surface area contributed by atoms with E-state index < -0.39 is 6.10 Å². The number of hydrogen-bond acceptors (Lipinski definition) is 4. The van der Waals surface area contributed by atoms with Crippen LogP contribution in [0.15, 0.2) is 4.52 Å². The van der Waals surface area contributed by atoms with Crippen LogP contribution in [0.2, 0.25) is 0 Å². The van der Waals surface area contributed by atoms with Crippen molar-refractivity contribution in [1.82, 2.24) is 10.1 Å². The molecule has 0 saturated heterocycles. The summed E-state index contributed by atoms with van der Waals surface area (Å²) in [6.45, 7) is 7.72. The molecule has 0 spiro atoms. The number of aliphatic hydroxyl groups excluding tert-OH is 1. The zero-order valence-corrected chi connectivity index (χ0v) is 8.53. The molecule has 74 valence electrons. The molecule has 0 amide bonds. The van der Waals surface area contributed by atoms with Crippen LogP contribution >= 0.6 is 0 Å². The van der Waals surface area contributed by atoms with E-state index >= 15 is 0 Å². The topological polar surface area (TPSA) is 59.2 Å². The lowest BCUT2D eigenvalue weighted by atomic mass is 9.97. The van der Waals surface area contributed by atoms with E-state index in [0.29, 0.717) is 18.1 Å². The summed E-state index contributed by atoms with van der Waals surface area (Å²) in [6.07, 6.45) is 0.0185. The van der Waals surface area contributed by atoms with Crippen molar-refractivity contribution in [2.75, 3.05) is 0 Å². The maximum atomic E-state index is 9.10. The second-order valence-corrected chi connectivity index (χ2v) is 4.32. The molecule has 1 atom stereocenters. The summed E-state index contributed by atoms with van der Waals surface area (Å²) in [4.78, 5) is 4.18. The Labute approximate surface area is 78.0 Å². The monoisotopic (exact) mass is 184 g/mol. The van der Waals surface area contributed by atoms with E-state index in [-0.39, 0.29) is 5.41 Å². The van der Waals surface area contributed by atoms with Crippen LogP contribution in [0.1, 0.15) is 39.4 Å². The standard InChI is InChI=1S/C9H16N2O2/c1-6(12)5-7-10-8(13-11-7)9(2,3)4/h6,12H,5H2,1-4H3. The maximum Gasteiger partial charge on any atom is 0.232 e. The van der Waals surface area contributed by atoms with Crippen molar-refractivity contribution in [3.05, 3.63) is 11.7 Å². The number of nitrogens with zero attached hydrogens (tertiary/aromatic N) is 2. The maximum absolute atomic E-state index is 9.10. The molecule has 0 bridgehead atoms. The summed E-state index contributed by atoms with van der Waals surface area (Å²) >= 11 is 0. The van der Waals surface area contributed by atoms with Gasteiger partial charge in [0.25, 0.3) is 0 Å². The van der Waals surface area contributed by atoms with Crippen LogP contribution in [0.4, 0.5) is 0 Å². The van der Waals surface area contributed by atoms with Gasteiger partial charge in [-0.05, 0) is 6.92 Å². The first-order chi connectivity index (χ1) is 5.89. The first-order valence-corrected chi connectivity index (χ1v) is 4.40. The normalized spacial score (nSPS) is 14.5. The number of hydrogen-bond donors (Lipinski definition) is 1. The van der Waals surface area contributed by atoms with Crippen LogP contribution < -0.4 is 0 Å². The van der Waals surface area contributed by atoms with Gasteiger partial charge in [-0.1, -0.05) is 25.9 Å². The van der Waals surface area contributed by atoms with E-state index in [0.717, 1.165) is 0 Å². The average molecular weight is 184 g/mol. The molecule has 0 aliphatic carbocycles. The highest BCUT2D eigenvalue weighted by molar-refractivity contribution is 4.98. The van der Waals surface area contributed by atoms with Crippen molar-refractivity contribution in [3.63, 3.8) is 0 Å². The predicted molar refractivity (Wildman–Crippen MR) is 48.4 cm³/mol. The molecule has 0 saturated carbocycles. The summed E-state index contributed by atoms with van der Waals surface area (Å²) in [5.41, 5.74) is -0.121. The third-order valence-corrected chi connectivity index (χ3v) is 1.59. The molecule has 1 unspecified atom stereocenters. The average Bonchev–Trinajstić information content (AvgIpc) is 2.32. The van der Waals surface area contributed by atoms with Crippen molar-refractivity contribution < 1.29 is 9.63 Å². The van der Waals surface area contributed by atoms with E-state index in [9.17, 15) is 0 Å². The fraction of sp³-hybridized carbons (Fsp3) is 0.778. The van der Waals surface area contributed by atoms with Gasteiger partial charge in [0.2, 0.25) is 5.89 Å². The molecule has 0 aliphatic rings. The van der Waals surface area contributed by atoms with Crippen molar-refractivity contribution in [1.29, 1.82) is 0 Å². The number of rotatable bonds is 2. The predicted octanol–water partition coefficient (Wildman–Crippen LogP) is 1.29. The lowest BCUT2D eigenvalue weighted by Gasteiger charge is -2.10. The summed E-state index contributed by atoms with van der Waals surface area (Å²) in [5.74, 6) is 1.18. The second kappa shape index (κ2) is 3.46. The molecule has 0 aromatic carbocycles. The van der Waals surface area contributed by atoms with Crippen LogP contribution in [-0.4, -0.2) is 21.4 Å². The Kier molecular flexibility index (Phi) is 2.71. The van der Waals surface area contributed by atoms with Crippen molar-refractivity contribution in [2.45, 2.75) is 45.6 Å². The Balaban J connectivity index is 2.75. The molecule has 0 radical (unpaired) electrons. The van der Waals surface area contributed by atoms with E-state index in [4.69, 9.17) is 9.63 Å². The molecule has 13 heavy (non-hydrogen) atoms. The largest absolute Gasteiger partial charge is 0.393 e. The first-order valence-electron chi connectivity index (χ1n) is 4.40. The Bertz CT molecular complexity index is 273. The van der Waals surface area contributed by atoms with Crippen molar-refractivity contribution in [2.24, 2.45) is 0 Å². The minimum Gasteiger partial charge on any atom is -0.393 e. The van der Waals surface area contributed by atoms with Crippen molar-refractivity contribution in [3.8, 4) is 0 Å². The third-order valence-electron chi connectivity index (χ3n) is 1.59. The van der Waals surface area contributed by atoms with E-state index in [1.54, 1.807) is 6.92 Å². The van der Waals surface area contributed by atoms with Gasteiger partial charge in [0.15, 0.2) is 5.82 Å². The number of aromatic nitrogens is 2. The van der Waals surface area contributed by atoms with Gasteiger partial charge in [-0.25, -0.2) is 0 Å². The fourth-order valence-corrected chi connectivity index (χ4v) is 0.906. The Morgan fingerprint density at radius 3 is 2.46 bits per heavy atom. The smallest absolute Gasteiger partial charge is 0.232 e. The summed E-state index contributed by atoms with van der Waals surface area (Å²) < 4.78 is 5.06. The molecule has 1 N–H and O–H groups in total. The fourth-order valence-electron chi connectivity index (χ4n) is 0.906. The van der Waals surface area contributed by atoms with Crippen LogP contribution in [0.5, 0.6) is 0 Å². The minimum absolute atomic E-state index is 0.121. The van der Waals surface area contributed by atoms with Crippen LogP contribution in [0.25, 0.3) is 0 Å². The highest BCUT2D eigenvalue weighted by Crippen LogP contribution is 2.19. The zero-order valence-electron chi connectivity index (χ0n) is 8.53. The van der Waals surface area contributed by atoms with Crippen LogP contribution in [-0.2, 0) is 11.8 Å². The molecule has 4 nitrogen and oxygen atoms in total. The Hall–Kier alpha value is -0.900. The highest BCUT2D eigenvalue weighted by atomic mass is 16.5. The summed E-state index contributed by atoms with van der Waals surface area (Å²) in [7, 11) is 0. The molecule has 0 aliphatic heterocycles. The minimum atomic E-state index is -0.426. The van der Waals surface area contributed by atoms with Gasteiger partial charge < -0.3 is 9.63 Å². The van der Waals surface area contributed by atoms with Gasteiger partial charge in [-0.3, -0.25) is 0 Å². The molecule has 4 heteroatoms. The molecular formula is C9H16N2O2. The molecule has 1 aromatic heterocycles. The highest BCUT2D eigenvalue weighted by Gasteiger charge is 2.21. The zero-order chi connectivity index (χ0) is 10.1. The number of aliphatic hydroxyl groups is 1. The lowest BCUT2D eigenvalue weighted by Crippen LogP contribution is -2.12. The van der Waals surface area contributed by atoms with Crippen LogP contribution in [0.3, 0.4) is 0 Å². The van der Waals surface area contributed by atoms with Gasteiger partial charge in [0.1, 0.15) is 0 Å². The van der Waals surface area contributed by atoms with Gasteiger partial charge in [0, 0.05) is 11.8 Å². The van der Waals surface area contributed by atoms with E-state index in [2.05, 4.69) is 10.1 Å². The van der Waals surface area contributed by atoms with Gasteiger partial charge in [-0.2, -0.15) is 4.98 Å². The Morgan fingerprint density at radius 1 is 1.46 bits per heavy atom. The molecular weight excluding hydrogens is 168 g/mol. The SMILES string of the molecule is CC(O)Cc1noc(C(C)(C)C)n1. The molecule has 1 aromatic rings. The van der Waals surface area contributed by atoms with E-state index in [1.165, 1.54) is 0 Å². The molecule has 1 rings (SSSR count).